The molecule has 3 aromatic rings. The normalized spacial score (nSPS) is 11.7. The molecule has 2 heterocycles. The van der Waals surface area contributed by atoms with Crippen molar-refractivity contribution in [3.63, 3.8) is 0 Å². The molecule has 3 rings (SSSR count). The standard InChI is InChI=1S/C21H22N4O/c1-24(2)19-15-17(12-14-23-19)21(26)25(3)20(16-9-5-4-6-10-16)18-11-7-8-13-22-18/h4-15,20H,1-3H3/t20-/m1/s1. The molecule has 1 atom stereocenters. The van der Waals surface area contributed by atoms with Crippen LogP contribution in [0.5, 0.6) is 0 Å². The van der Waals surface area contributed by atoms with Gasteiger partial charge < -0.3 is 9.80 Å². The summed E-state index contributed by atoms with van der Waals surface area (Å²) in [6.45, 7) is 0. The van der Waals surface area contributed by atoms with Gasteiger partial charge in [0.25, 0.3) is 5.91 Å². The number of hydrogen-bond acceptors (Lipinski definition) is 4. The van der Waals surface area contributed by atoms with Crippen LogP contribution in [0, 0.1) is 0 Å². The van der Waals surface area contributed by atoms with E-state index in [0.29, 0.717) is 5.56 Å². The Morgan fingerprint density at radius 3 is 2.27 bits per heavy atom. The van der Waals surface area contributed by atoms with Crippen LogP contribution in [0.15, 0.2) is 73.1 Å². The van der Waals surface area contributed by atoms with E-state index in [-0.39, 0.29) is 11.9 Å². The highest BCUT2D eigenvalue weighted by atomic mass is 16.2. The molecule has 0 aliphatic carbocycles. The highest BCUT2D eigenvalue weighted by Crippen LogP contribution is 2.27. The Hall–Kier alpha value is -3.21. The smallest absolute Gasteiger partial charge is 0.254 e. The third kappa shape index (κ3) is 3.72. The van der Waals surface area contributed by atoms with Crippen LogP contribution in [-0.2, 0) is 0 Å². The van der Waals surface area contributed by atoms with Crippen LogP contribution in [0.1, 0.15) is 27.7 Å². The number of carbonyl (C=O) groups is 1. The fraction of sp³-hybridized carbons (Fsp3) is 0.190. The maximum Gasteiger partial charge on any atom is 0.254 e. The van der Waals surface area contributed by atoms with E-state index in [0.717, 1.165) is 17.1 Å². The van der Waals surface area contributed by atoms with Crippen molar-refractivity contribution in [2.75, 3.05) is 26.0 Å². The molecule has 0 bridgehead atoms. The third-order valence-electron chi connectivity index (χ3n) is 4.24. The molecule has 0 N–H and O–H groups in total. The summed E-state index contributed by atoms with van der Waals surface area (Å²) < 4.78 is 0. The van der Waals surface area contributed by atoms with Gasteiger partial charge in [-0.1, -0.05) is 36.4 Å². The lowest BCUT2D eigenvalue weighted by Gasteiger charge is -2.28. The van der Waals surface area contributed by atoms with Gasteiger partial charge in [0.05, 0.1) is 11.7 Å². The molecule has 0 aliphatic heterocycles. The first-order chi connectivity index (χ1) is 12.6. The molecule has 0 fully saturated rings. The predicted molar refractivity (Wildman–Crippen MR) is 103 cm³/mol. The van der Waals surface area contributed by atoms with Crippen LogP contribution >= 0.6 is 0 Å². The van der Waals surface area contributed by atoms with Gasteiger partial charge >= 0.3 is 0 Å². The minimum atomic E-state index is -0.263. The van der Waals surface area contributed by atoms with Gasteiger partial charge in [0.2, 0.25) is 0 Å². The molecule has 0 saturated heterocycles. The zero-order valence-corrected chi connectivity index (χ0v) is 15.2. The highest BCUT2D eigenvalue weighted by molar-refractivity contribution is 5.95. The molecule has 5 heteroatoms. The Labute approximate surface area is 153 Å². The zero-order valence-electron chi connectivity index (χ0n) is 15.2. The van der Waals surface area contributed by atoms with Crippen molar-refractivity contribution < 1.29 is 4.79 Å². The molecular formula is C21H22N4O. The van der Waals surface area contributed by atoms with Gasteiger partial charge in [0, 0.05) is 39.1 Å². The molecule has 0 aliphatic rings. The Balaban J connectivity index is 1.99. The second-order valence-electron chi connectivity index (χ2n) is 6.28. The molecule has 0 spiro atoms. The van der Waals surface area contributed by atoms with Crippen LogP contribution in [0.25, 0.3) is 0 Å². The maximum atomic E-state index is 13.2. The lowest BCUT2D eigenvalue weighted by molar-refractivity contribution is 0.0752. The number of aromatic nitrogens is 2. The van der Waals surface area contributed by atoms with Gasteiger partial charge in [-0.15, -0.1) is 0 Å². The zero-order chi connectivity index (χ0) is 18.5. The molecule has 0 saturated carbocycles. The third-order valence-corrected chi connectivity index (χ3v) is 4.24. The Kier molecular flexibility index (Phi) is 5.27. The van der Waals surface area contributed by atoms with Gasteiger partial charge in [-0.2, -0.15) is 0 Å². The molecule has 0 unspecified atom stereocenters. The summed E-state index contributed by atoms with van der Waals surface area (Å²) >= 11 is 0. The molecular weight excluding hydrogens is 324 g/mol. The predicted octanol–water partition coefficient (Wildman–Crippen LogP) is 3.40. The van der Waals surface area contributed by atoms with Crippen molar-refractivity contribution in [3.05, 3.63) is 89.9 Å². The van der Waals surface area contributed by atoms with Crippen molar-refractivity contribution in [2.24, 2.45) is 0 Å². The lowest BCUT2D eigenvalue weighted by Crippen LogP contribution is -2.32. The van der Waals surface area contributed by atoms with Crippen molar-refractivity contribution in [3.8, 4) is 0 Å². The van der Waals surface area contributed by atoms with Gasteiger partial charge in [0.1, 0.15) is 5.82 Å². The molecule has 0 radical (unpaired) electrons. The first-order valence-corrected chi connectivity index (χ1v) is 8.44. The topological polar surface area (TPSA) is 49.3 Å². The Bertz CT molecular complexity index is 826. The summed E-state index contributed by atoms with van der Waals surface area (Å²) in [5, 5.41) is 0. The molecule has 1 amide bonds. The average molecular weight is 346 g/mol. The first kappa shape index (κ1) is 17.6. The van der Waals surface area contributed by atoms with Crippen LogP contribution in [0.3, 0.4) is 0 Å². The molecule has 26 heavy (non-hydrogen) atoms. The van der Waals surface area contributed by atoms with Gasteiger partial charge in [-0.25, -0.2) is 4.98 Å². The highest BCUT2D eigenvalue weighted by Gasteiger charge is 2.25. The van der Waals surface area contributed by atoms with Crippen molar-refractivity contribution in [1.82, 2.24) is 14.9 Å². The van der Waals surface area contributed by atoms with E-state index in [1.54, 1.807) is 29.4 Å². The summed E-state index contributed by atoms with van der Waals surface area (Å²) in [6, 6.07) is 19.0. The second kappa shape index (κ2) is 7.78. The number of pyridine rings is 2. The van der Waals surface area contributed by atoms with Crippen molar-refractivity contribution in [1.29, 1.82) is 0 Å². The largest absolute Gasteiger partial charge is 0.363 e. The number of nitrogens with zero attached hydrogens (tertiary/aromatic N) is 4. The van der Waals surface area contributed by atoms with E-state index in [9.17, 15) is 4.79 Å². The van der Waals surface area contributed by atoms with Crippen LogP contribution in [0.2, 0.25) is 0 Å². The van der Waals surface area contributed by atoms with Crippen LogP contribution in [0.4, 0.5) is 5.82 Å². The van der Waals surface area contributed by atoms with E-state index < -0.39 is 0 Å². The summed E-state index contributed by atoms with van der Waals surface area (Å²) in [4.78, 5) is 25.5. The summed E-state index contributed by atoms with van der Waals surface area (Å²) in [5.74, 6) is 0.674. The van der Waals surface area contributed by atoms with Crippen molar-refractivity contribution >= 4 is 11.7 Å². The second-order valence-corrected chi connectivity index (χ2v) is 6.28. The van der Waals surface area contributed by atoms with E-state index in [1.807, 2.05) is 74.6 Å². The first-order valence-electron chi connectivity index (χ1n) is 8.44. The number of benzene rings is 1. The summed E-state index contributed by atoms with van der Waals surface area (Å²) in [5.41, 5.74) is 2.45. The van der Waals surface area contributed by atoms with Crippen LogP contribution < -0.4 is 4.90 Å². The van der Waals surface area contributed by atoms with Crippen molar-refractivity contribution in [2.45, 2.75) is 6.04 Å². The number of amides is 1. The average Bonchev–Trinajstić information content (AvgIpc) is 2.69. The maximum absolute atomic E-state index is 13.2. The molecule has 2 aromatic heterocycles. The minimum Gasteiger partial charge on any atom is -0.363 e. The SMILES string of the molecule is CN(C)c1cc(C(=O)N(C)[C@H](c2ccccc2)c2ccccn2)ccn1. The Morgan fingerprint density at radius 1 is 0.885 bits per heavy atom. The van der Waals surface area contributed by atoms with E-state index in [2.05, 4.69) is 9.97 Å². The number of rotatable bonds is 5. The summed E-state index contributed by atoms with van der Waals surface area (Å²) in [6.07, 6.45) is 3.41. The molecule has 5 nitrogen and oxygen atoms in total. The number of anilines is 1. The fourth-order valence-corrected chi connectivity index (χ4v) is 2.88. The van der Waals surface area contributed by atoms with Gasteiger partial charge in [-0.05, 0) is 29.8 Å². The minimum absolute atomic E-state index is 0.0741. The quantitative estimate of drug-likeness (QED) is 0.710. The van der Waals surface area contributed by atoms with E-state index >= 15 is 0 Å². The van der Waals surface area contributed by atoms with Gasteiger partial charge in [-0.3, -0.25) is 9.78 Å². The number of carbonyl (C=O) groups excluding carboxylic acids is 1. The van der Waals surface area contributed by atoms with E-state index in [1.165, 1.54) is 0 Å². The molecule has 1 aromatic carbocycles. The fourth-order valence-electron chi connectivity index (χ4n) is 2.88. The Morgan fingerprint density at radius 2 is 1.62 bits per heavy atom. The number of hydrogen-bond donors (Lipinski definition) is 0. The van der Waals surface area contributed by atoms with Crippen LogP contribution in [-0.4, -0.2) is 41.9 Å². The monoisotopic (exact) mass is 346 g/mol. The van der Waals surface area contributed by atoms with Gasteiger partial charge in [0.15, 0.2) is 0 Å². The summed E-state index contributed by atoms with van der Waals surface area (Å²) in [7, 11) is 5.62. The molecule has 132 valence electrons. The van der Waals surface area contributed by atoms with E-state index in [4.69, 9.17) is 0 Å². The lowest BCUT2D eigenvalue weighted by atomic mass is 10.0.